The van der Waals surface area contributed by atoms with Gasteiger partial charge in [0.15, 0.2) is 4.33 Å². The Morgan fingerprint density at radius 1 is 1.00 bits per heavy atom. The Morgan fingerprint density at radius 3 is 2.20 bits per heavy atom. The van der Waals surface area contributed by atoms with Gasteiger partial charge in [0.25, 0.3) is 0 Å². The molecule has 1 aliphatic rings. The molecule has 0 radical (unpaired) electrons. The molecule has 1 aromatic carbocycles. The molecule has 0 bridgehead atoms. The predicted molar refractivity (Wildman–Crippen MR) is 85.7 cm³/mol. The number of phenols is 1. The lowest BCUT2D eigenvalue weighted by molar-refractivity contribution is 0.429. The first-order valence-corrected chi connectivity index (χ1v) is 7.48. The van der Waals surface area contributed by atoms with Crippen molar-refractivity contribution in [2.45, 2.75) is 10.8 Å². The third-order valence-corrected chi connectivity index (χ3v) is 5.21. The Bertz CT molecular complexity index is 622. The number of alkyl halides is 2. The van der Waals surface area contributed by atoms with Crippen molar-refractivity contribution >= 4 is 75.2 Å². The highest BCUT2D eigenvalue weighted by atomic mass is 35.5. The summed E-state index contributed by atoms with van der Waals surface area (Å²) in [6.45, 7) is 0. The summed E-state index contributed by atoms with van der Waals surface area (Å²) in [6, 6.07) is 1.27. The van der Waals surface area contributed by atoms with E-state index in [9.17, 15) is 10.2 Å². The summed E-state index contributed by atoms with van der Waals surface area (Å²) in [5.74, 6) is -0.595. The van der Waals surface area contributed by atoms with E-state index in [1.54, 1.807) is 0 Å². The molecule has 20 heavy (non-hydrogen) atoms. The molecule has 0 saturated carbocycles. The van der Waals surface area contributed by atoms with Crippen LogP contribution in [0.2, 0.25) is 15.1 Å². The van der Waals surface area contributed by atoms with Crippen LogP contribution in [-0.2, 0) is 0 Å². The van der Waals surface area contributed by atoms with E-state index in [0.29, 0.717) is 0 Å². The molecular formula is C12H6Cl6O2. The van der Waals surface area contributed by atoms with Gasteiger partial charge in [-0.3, -0.25) is 0 Å². The molecule has 1 aromatic rings. The molecule has 0 heterocycles. The Labute approximate surface area is 145 Å². The van der Waals surface area contributed by atoms with Gasteiger partial charge in [0.2, 0.25) is 0 Å². The lowest BCUT2D eigenvalue weighted by Gasteiger charge is -2.26. The number of hydrogen-bond donors (Lipinski definition) is 2. The van der Waals surface area contributed by atoms with Gasteiger partial charge in [-0.2, -0.15) is 0 Å². The second-order valence-electron chi connectivity index (χ2n) is 4.06. The average molecular weight is 395 g/mol. The summed E-state index contributed by atoms with van der Waals surface area (Å²) < 4.78 is -1.44. The highest BCUT2D eigenvalue weighted by molar-refractivity contribution is 6.58. The maximum Gasteiger partial charge on any atom is 0.157 e. The van der Waals surface area contributed by atoms with Crippen LogP contribution in [0.4, 0.5) is 0 Å². The number of phenolic OH excluding ortho intramolecular Hbond substituents is 1. The van der Waals surface area contributed by atoms with Gasteiger partial charge >= 0.3 is 0 Å². The number of aromatic hydroxyl groups is 1. The first kappa shape index (κ1) is 16.4. The zero-order valence-corrected chi connectivity index (χ0v) is 14.1. The summed E-state index contributed by atoms with van der Waals surface area (Å²) in [4.78, 5) is 0. The van der Waals surface area contributed by atoms with E-state index in [0.717, 1.165) is 0 Å². The fraction of sp³-hybridized carbons (Fsp3) is 0.167. The summed E-state index contributed by atoms with van der Waals surface area (Å²) in [6.07, 6.45) is 1.47. The largest absolute Gasteiger partial charge is 0.508 e. The Morgan fingerprint density at radius 2 is 1.60 bits per heavy atom. The maximum atomic E-state index is 10.1. The molecule has 0 saturated heterocycles. The van der Waals surface area contributed by atoms with Crippen molar-refractivity contribution < 1.29 is 10.2 Å². The topological polar surface area (TPSA) is 40.5 Å². The van der Waals surface area contributed by atoms with Crippen molar-refractivity contribution in [3.05, 3.63) is 43.6 Å². The van der Waals surface area contributed by atoms with E-state index < -0.39 is 4.33 Å². The van der Waals surface area contributed by atoms with Crippen molar-refractivity contribution in [1.82, 2.24) is 0 Å². The third-order valence-electron chi connectivity index (χ3n) is 2.74. The molecule has 2 N–H and O–H groups in total. The van der Waals surface area contributed by atoms with E-state index in [-0.39, 0.29) is 49.2 Å². The van der Waals surface area contributed by atoms with Gasteiger partial charge in [0.1, 0.15) is 11.5 Å². The standard InChI is InChI=1S/C12H6Cl6O2/c13-4-3-5(14)10(20)8(9(4)15)7-6(19)1-2-12(17,18)11(7)16/h1,3,19-20H,2H2. The van der Waals surface area contributed by atoms with E-state index >= 15 is 0 Å². The van der Waals surface area contributed by atoms with Gasteiger partial charge < -0.3 is 10.2 Å². The highest BCUT2D eigenvalue weighted by Gasteiger charge is 2.37. The van der Waals surface area contributed by atoms with Gasteiger partial charge in [0.05, 0.1) is 25.7 Å². The van der Waals surface area contributed by atoms with E-state index in [4.69, 9.17) is 69.6 Å². The molecule has 108 valence electrons. The zero-order chi connectivity index (χ0) is 15.2. The minimum atomic E-state index is -1.44. The number of rotatable bonds is 1. The van der Waals surface area contributed by atoms with Crippen molar-refractivity contribution in [3.8, 4) is 5.75 Å². The predicted octanol–water partition coefficient (Wildman–Crippen LogP) is 6.32. The number of benzene rings is 1. The molecule has 2 rings (SSSR count). The molecule has 1 aliphatic carbocycles. The van der Waals surface area contributed by atoms with Crippen molar-refractivity contribution in [3.63, 3.8) is 0 Å². The van der Waals surface area contributed by atoms with Crippen LogP contribution in [-0.4, -0.2) is 14.5 Å². The van der Waals surface area contributed by atoms with Crippen LogP contribution in [0.25, 0.3) is 5.57 Å². The van der Waals surface area contributed by atoms with Crippen LogP contribution < -0.4 is 0 Å². The van der Waals surface area contributed by atoms with Gasteiger partial charge in [-0.15, -0.1) is 0 Å². The van der Waals surface area contributed by atoms with Gasteiger partial charge in [-0.1, -0.05) is 69.6 Å². The first-order valence-electron chi connectivity index (χ1n) is 5.21. The van der Waals surface area contributed by atoms with Crippen LogP contribution >= 0.6 is 69.6 Å². The summed E-state index contributed by atoms with van der Waals surface area (Å²) in [7, 11) is 0. The summed E-state index contributed by atoms with van der Waals surface area (Å²) >= 11 is 36.0. The molecule has 0 aromatic heterocycles. The maximum absolute atomic E-state index is 10.1. The third kappa shape index (κ3) is 2.70. The van der Waals surface area contributed by atoms with Crippen molar-refractivity contribution in [2.24, 2.45) is 0 Å². The number of allylic oxidation sites excluding steroid dienone is 3. The smallest absolute Gasteiger partial charge is 0.157 e. The quantitative estimate of drug-likeness (QED) is 0.432. The summed E-state index contributed by atoms with van der Waals surface area (Å²) in [5.41, 5.74) is -0.0249. The lowest BCUT2D eigenvalue weighted by Crippen LogP contribution is -2.18. The monoisotopic (exact) mass is 392 g/mol. The number of aliphatic hydroxyl groups excluding tert-OH is 1. The van der Waals surface area contributed by atoms with Crippen LogP contribution in [0.1, 0.15) is 12.0 Å². The van der Waals surface area contributed by atoms with Crippen molar-refractivity contribution in [2.75, 3.05) is 0 Å². The number of aliphatic hydroxyl groups is 1. The Hall–Kier alpha value is 0.0400. The second kappa shape index (κ2) is 5.68. The molecule has 0 spiro atoms. The van der Waals surface area contributed by atoms with E-state index in [1.165, 1.54) is 12.1 Å². The van der Waals surface area contributed by atoms with Gasteiger partial charge in [-0.25, -0.2) is 0 Å². The molecule has 8 heteroatoms. The second-order valence-corrected chi connectivity index (χ2v) is 7.12. The van der Waals surface area contributed by atoms with Crippen LogP contribution in [0.3, 0.4) is 0 Å². The highest BCUT2D eigenvalue weighted by Crippen LogP contribution is 2.51. The molecule has 0 unspecified atom stereocenters. The minimum absolute atomic E-state index is 0.00480. The minimum Gasteiger partial charge on any atom is -0.508 e. The SMILES string of the molecule is OC1=CCC(Cl)(Cl)C(Cl)=C1c1c(O)c(Cl)cc(Cl)c1Cl. The fourth-order valence-corrected chi connectivity index (χ4v) is 3.08. The number of halogens is 6. The molecule has 0 atom stereocenters. The Balaban J connectivity index is 2.83. The van der Waals surface area contributed by atoms with E-state index in [1.807, 2.05) is 0 Å². The molecular weight excluding hydrogens is 389 g/mol. The van der Waals surface area contributed by atoms with Gasteiger partial charge in [-0.05, 0) is 12.1 Å². The van der Waals surface area contributed by atoms with Crippen LogP contribution in [0, 0.1) is 0 Å². The molecule has 0 fully saturated rings. The average Bonchev–Trinajstić information content (AvgIpc) is 2.36. The first-order chi connectivity index (χ1) is 9.16. The Kier molecular flexibility index (Phi) is 4.66. The van der Waals surface area contributed by atoms with Crippen LogP contribution in [0.15, 0.2) is 22.9 Å². The number of hydrogen-bond acceptors (Lipinski definition) is 2. The lowest BCUT2D eigenvalue weighted by atomic mass is 9.96. The fourth-order valence-electron chi connectivity index (χ4n) is 1.76. The van der Waals surface area contributed by atoms with Crippen LogP contribution in [0.5, 0.6) is 5.75 Å². The molecule has 0 amide bonds. The normalized spacial score (nSPS) is 18.2. The van der Waals surface area contributed by atoms with Gasteiger partial charge in [0, 0.05) is 12.0 Å². The summed E-state index contributed by atoms with van der Waals surface area (Å²) in [5, 5.41) is 20.0. The molecule has 2 nitrogen and oxygen atoms in total. The van der Waals surface area contributed by atoms with Crippen molar-refractivity contribution in [1.29, 1.82) is 0 Å². The zero-order valence-electron chi connectivity index (χ0n) is 9.52. The molecule has 0 aliphatic heterocycles. The van der Waals surface area contributed by atoms with E-state index in [2.05, 4.69) is 0 Å².